The van der Waals surface area contributed by atoms with E-state index in [1.54, 1.807) is 23.1 Å². The van der Waals surface area contributed by atoms with Crippen LogP contribution in [0.2, 0.25) is 0 Å². The van der Waals surface area contributed by atoms with Gasteiger partial charge in [-0.15, -0.1) is 11.3 Å². The van der Waals surface area contributed by atoms with E-state index in [-0.39, 0.29) is 5.56 Å². The lowest BCUT2D eigenvalue weighted by molar-refractivity contribution is 0.129. The normalized spacial score (nSPS) is 18.4. The molecule has 23 heavy (non-hydrogen) atoms. The Hall–Kier alpha value is -0.850. The van der Waals surface area contributed by atoms with E-state index in [0.29, 0.717) is 18.6 Å². The van der Waals surface area contributed by atoms with Crippen LogP contribution in [0.15, 0.2) is 9.95 Å². The zero-order valence-electron chi connectivity index (χ0n) is 14.2. The summed E-state index contributed by atoms with van der Waals surface area (Å²) in [7, 11) is 0. The van der Waals surface area contributed by atoms with E-state index in [1.807, 2.05) is 11.5 Å². The Labute approximate surface area is 145 Å². The fraction of sp³-hybridized carbons (Fsp3) is 0.647. The second-order valence-electron chi connectivity index (χ2n) is 6.61. The predicted molar refractivity (Wildman–Crippen MR) is 97.9 cm³/mol. The molecule has 0 radical (unpaired) electrons. The van der Waals surface area contributed by atoms with Gasteiger partial charge in [-0.2, -0.15) is 0 Å². The zero-order valence-corrected chi connectivity index (χ0v) is 15.9. The minimum atomic E-state index is 0.111. The number of aryl methyl sites for hydroxylation is 2. The van der Waals surface area contributed by atoms with Crippen LogP contribution in [0, 0.1) is 19.8 Å². The largest absolute Gasteiger partial charge is 0.377 e. The quantitative estimate of drug-likeness (QED) is 0.602. The summed E-state index contributed by atoms with van der Waals surface area (Å²) >= 11 is 3.29. The minimum absolute atomic E-state index is 0.111. The molecule has 0 saturated carbocycles. The third-order valence-electron chi connectivity index (χ3n) is 4.22. The van der Waals surface area contributed by atoms with Crippen LogP contribution < -0.4 is 5.56 Å². The highest BCUT2D eigenvalue weighted by Crippen LogP contribution is 2.29. The molecule has 3 heterocycles. The number of hydrogen-bond acceptors (Lipinski definition) is 5. The molecule has 0 N–H and O–H groups in total. The summed E-state index contributed by atoms with van der Waals surface area (Å²) in [6.07, 6.45) is 2.55. The van der Waals surface area contributed by atoms with Gasteiger partial charge in [0.1, 0.15) is 4.83 Å². The fourth-order valence-corrected chi connectivity index (χ4v) is 5.03. The molecule has 1 saturated heterocycles. The molecule has 0 spiro atoms. The Morgan fingerprint density at radius 2 is 2.22 bits per heavy atom. The van der Waals surface area contributed by atoms with Crippen molar-refractivity contribution in [1.82, 2.24) is 9.55 Å². The van der Waals surface area contributed by atoms with E-state index in [0.717, 1.165) is 46.1 Å². The maximum Gasteiger partial charge on any atom is 0.263 e. The van der Waals surface area contributed by atoms with Gasteiger partial charge >= 0.3 is 0 Å². The summed E-state index contributed by atoms with van der Waals surface area (Å²) in [5.41, 5.74) is 1.19. The molecule has 0 aromatic carbocycles. The summed E-state index contributed by atoms with van der Waals surface area (Å²) < 4.78 is 7.57. The van der Waals surface area contributed by atoms with Gasteiger partial charge in [0.05, 0.1) is 11.5 Å². The van der Waals surface area contributed by atoms with Crippen molar-refractivity contribution < 1.29 is 4.74 Å². The average Bonchev–Trinajstić information content (AvgIpc) is 3.09. The van der Waals surface area contributed by atoms with Gasteiger partial charge in [-0.25, -0.2) is 4.98 Å². The molecule has 1 aliphatic rings. The van der Waals surface area contributed by atoms with Gasteiger partial charge in [0.2, 0.25) is 0 Å². The number of nitrogens with zero attached hydrogens (tertiary/aromatic N) is 2. The van der Waals surface area contributed by atoms with Crippen molar-refractivity contribution in [3.8, 4) is 0 Å². The molecule has 0 aliphatic carbocycles. The van der Waals surface area contributed by atoms with E-state index in [4.69, 9.17) is 9.72 Å². The van der Waals surface area contributed by atoms with Crippen LogP contribution >= 0.6 is 23.1 Å². The number of thioether (sulfide) groups is 1. The second kappa shape index (κ2) is 6.95. The fourth-order valence-electron chi connectivity index (χ4n) is 2.89. The third kappa shape index (κ3) is 3.49. The van der Waals surface area contributed by atoms with Crippen LogP contribution in [0.5, 0.6) is 0 Å². The van der Waals surface area contributed by atoms with Crippen molar-refractivity contribution in [2.24, 2.45) is 5.92 Å². The van der Waals surface area contributed by atoms with Crippen LogP contribution in [0.1, 0.15) is 37.1 Å². The summed E-state index contributed by atoms with van der Waals surface area (Å²) in [4.78, 5) is 19.9. The van der Waals surface area contributed by atoms with E-state index < -0.39 is 0 Å². The molecule has 126 valence electrons. The highest BCUT2D eigenvalue weighted by molar-refractivity contribution is 7.99. The van der Waals surface area contributed by atoms with Crippen molar-refractivity contribution >= 4 is 33.3 Å². The number of rotatable bonds is 5. The molecule has 1 fully saturated rings. The molecule has 0 unspecified atom stereocenters. The molecule has 0 bridgehead atoms. The highest BCUT2D eigenvalue weighted by atomic mass is 32.2. The SMILES string of the molecule is Cc1sc2nc(SC[C@H]3CCCO3)n(CC(C)C)c(=O)c2c1C. The minimum Gasteiger partial charge on any atom is -0.377 e. The lowest BCUT2D eigenvalue weighted by atomic mass is 10.2. The lowest BCUT2D eigenvalue weighted by Gasteiger charge is -2.15. The topological polar surface area (TPSA) is 44.1 Å². The molecule has 1 atom stereocenters. The Balaban J connectivity index is 2.01. The van der Waals surface area contributed by atoms with Crippen LogP contribution in [0.3, 0.4) is 0 Å². The summed E-state index contributed by atoms with van der Waals surface area (Å²) in [6, 6.07) is 0. The highest BCUT2D eigenvalue weighted by Gasteiger charge is 2.20. The second-order valence-corrected chi connectivity index (χ2v) is 8.80. The van der Waals surface area contributed by atoms with Gasteiger partial charge in [-0.1, -0.05) is 25.6 Å². The first-order chi connectivity index (χ1) is 11.0. The molecule has 1 aliphatic heterocycles. The van der Waals surface area contributed by atoms with Crippen molar-refractivity contribution in [2.75, 3.05) is 12.4 Å². The van der Waals surface area contributed by atoms with Crippen LogP contribution in [-0.2, 0) is 11.3 Å². The molecule has 0 amide bonds. The Morgan fingerprint density at radius 1 is 1.43 bits per heavy atom. The number of thiophene rings is 1. The molecule has 6 heteroatoms. The molecule has 2 aromatic heterocycles. The van der Waals surface area contributed by atoms with Crippen LogP contribution in [0.25, 0.3) is 10.2 Å². The van der Waals surface area contributed by atoms with Crippen molar-refractivity contribution in [3.05, 3.63) is 20.8 Å². The molecule has 3 rings (SSSR count). The van der Waals surface area contributed by atoms with Gasteiger partial charge in [-0.05, 0) is 38.2 Å². The maximum absolute atomic E-state index is 13.0. The predicted octanol–water partition coefficient (Wildman–Crippen LogP) is 4.00. The monoisotopic (exact) mass is 352 g/mol. The Morgan fingerprint density at radius 3 is 2.87 bits per heavy atom. The number of hydrogen-bond donors (Lipinski definition) is 0. The molecule has 4 nitrogen and oxygen atoms in total. The maximum atomic E-state index is 13.0. The van der Waals surface area contributed by atoms with E-state index in [1.165, 1.54) is 4.88 Å². The van der Waals surface area contributed by atoms with Crippen molar-refractivity contribution in [3.63, 3.8) is 0 Å². The first kappa shape index (κ1) is 17.0. The van der Waals surface area contributed by atoms with Gasteiger partial charge in [0.25, 0.3) is 5.56 Å². The van der Waals surface area contributed by atoms with Gasteiger partial charge < -0.3 is 4.74 Å². The third-order valence-corrected chi connectivity index (χ3v) is 6.43. The van der Waals surface area contributed by atoms with E-state index >= 15 is 0 Å². The van der Waals surface area contributed by atoms with Crippen molar-refractivity contribution in [1.29, 1.82) is 0 Å². The first-order valence-electron chi connectivity index (χ1n) is 8.22. The summed E-state index contributed by atoms with van der Waals surface area (Å²) in [5, 5.41) is 1.64. The molecular formula is C17H24N2O2S2. The number of fused-ring (bicyclic) bond motifs is 1. The van der Waals surface area contributed by atoms with Crippen LogP contribution in [-0.4, -0.2) is 28.0 Å². The first-order valence-corrected chi connectivity index (χ1v) is 10.0. The van der Waals surface area contributed by atoms with Gasteiger partial charge in [-0.3, -0.25) is 9.36 Å². The lowest BCUT2D eigenvalue weighted by Crippen LogP contribution is -2.26. The average molecular weight is 353 g/mol. The number of ether oxygens (including phenoxy) is 1. The van der Waals surface area contributed by atoms with E-state index in [2.05, 4.69) is 20.8 Å². The standard InChI is InChI=1S/C17H24N2O2S2/c1-10(2)8-19-16(20)14-11(3)12(4)23-15(14)18-17(19)22-9-13-6-5-7-21-13/h10,13H,5-9H2,1-4H3/t13-/m1/s1. The molecular weight excluding hydrogens is 328 g/mol. The smallest absolute Gasteiger partial charge is 0.263 e. The Kier molecular flexibility index (Phi) is 5.13. The van der Waals surface area contributed by atoms with Gasteiger partial charge in [0.15, 0.2) is 5.16 Å². The summed E-state index contributed by atoms with van der Waals surface area (Å²) in [5.74, 6) is 1.29. The summed E-state index contributed by atoms with van der Waals surface area (Å²) in [6.45, 7) is 9.93. The molecule has 2 aromatic rings. The van der Waals surface area contributed by atoms with E-state index in [9.17, 15) is 4.79 Å². The van der Waals surface area contributed by atoms with Crippen molar-refractivity contribution in [2.45, 2.75) is 58.3 Å². The van der Waals surface area contributed by atoms with Gasteiger partial charge in [0, 0.05) is 23.8 Å². The number of aromatic nitrogens is 2. The zero-order chi connectivity index (χ0) is 16.6. The van der Waals surface area contributed by atoms with Crippen LogP contribution in [0.4, 0.5) is 0 Å². The Bertz CT molecular complexity index is 758.